The van der Waals surface area contributed by atoms with E-state index in [1.54, 1.807) is 11.0 Å². The van der Waals surface area contributed by atoms with E-state index in [9.17, 15) is 4.79 Å². The molecule has 5 heteroatoms. The first-order valence-corrected chi connectivity index (χ1v) is 5.77. The number of hydrogen-bond donors (Lipinski definition) is 0. The molecule has 0 N–H and O–H groups in total. The highest BCUT2D eigenvalue weighted by atomic mass is 16.2. The molecule has 1 saturated carbocycles. The summed E-state index contributed by atoms with van der Waals surface area (Å²) in [5.74, 6) is -0.117. The maximum absolute atomic E-state index is 12.2. The van der Waals surface area contributed by atoms with E-state index in [0.717, 1.165) is 25.7 Å². The van der Waals surface area contributed by atoms with Gasteiger partial charge in [0.25, 0.3) is 5.91 Å². The van der Waals surface area contributed by atoms with Gasteiger partial charge in [-0.15, -0.1) is 0 Å². The third-order valence-electron chi connectivity index (χ3n) is 3.10. The fourth-order valence-corrected chi connectivity index (χ4v) is 2.24. The van der Waals surface area contributed by atoms with Crippen molar-refractivity contribution in [2.24, 2.45) is 0 Å². The van der Waals surface area contributed by atoms with Crippen LogP contribution in [0.4, 0.5) is 0 Å². The molecule has 5 nitrogen and oxygen atoms in total. The number of rotatable bonds is 3. The zero-order valence-corrected chi connectivity index (χ0v) is 9.54. The summed E-state index contributed by atoms with van der Waals surface area (Å²) in [6.07, 6.45) is 7.19. The lowest BCUT2D eigenvalue weighted by Crippen LogP contribution is -2.39. The normalized spacial score (nSPS) is 15.5. The largest absolute Gasteiger partial charge is 0.322 e. The lowest BCUT2D eigenvalue weighted by molar-refractivity contribution is 0.0709. The zero-order valence-electron chi connectivity index (χ0n) is 9.54. The van der Waals surface area contributed by atoms with Gasteiger partial charge in [0.1, 0.15) is 6.54 Å². The molecule has 0 aromatic carbocycles. The van der Waals surface area contributed by atoms with Gasteiger partial charge in [-0.1, -0.05) is 12.8 Å². The molecule has 2 rings (SSSR count). The van der Waals surface area contributed by atoms with Gasteiger partial charge in [0, 0.05) is 6.04 Å². The summed E-state index contributed by atoms with van der Waals surface area (Å²) in [6, 6.07) is 3.90. The van der Waals surface area contributed by atoms with Crippen LogP contribution in [0, 0.1) is 11.3 Å². The molecule has 1 heterocycles. The minimum atomic E-state index is -0.117. The van der Waals surface area contributed by atoms with Crippen molar-refractivity contribution in [3.8, 4) is 6.07 Å². The van der Waals surface area contributed by atoms with E-state index < -0.39 is 0 Å². The zero-order chi connectivity index (χ0) is 12.1. The summed E-state index contributed by atoms with van der Waals surface area (Å²) in [7, 11) is 0. The Balaban J connectivity index is 2.16. The van der Waals surface area contributed by atoms with Crippen molar-refractivity contribution in [2.45, 2.75) is 31.7 Å². The predicted octanol–water partition coefficient (Wildman–Crippen LogP) is 1.38. The van der Waals surface area contributed by atoms with E-state index in [2.05, 4.69) is 16.3 Å². The van der Waals surface area contributed by atoms with Crippen LogP contribution in [-0.2, 0) is 0 Å². The molecule has 1 amide bonds. The first-order chi connectivity index (χ1) is 8.33. The Bertz CT molecular complexity index is 420. The van der Waals surface area contributed by atoms with Crippen LogP contribution in [0.25, 0.3) is 0 Å². The fraction of sp³-hybridized carbons (Fsp3) is 0.500. The molecule has 0 unspecified atom stereocenters. The topological polar surface area (TPSA) is 69.9 Å². The molecule has 0 radical (unpaired) electrons. The maximum atomic E-state index is 12.2. The SMILES string of the molecule is N#CCN(C(=O)c1ccnnc1)C1CCCC1. The standard InChI is InChI=1S/C12H14N4O/c13-6-8-16(11-3-1-2-4-11)12(17)10-5-7-14-15-9-10/h5,7,9,11H,1-4,8H2. The Morgan fingerprint density at radius 3 is 2.82 bits per heavy atom. The van der Waals surface area contributed by atoms with Crippen molar-refractivity contribution < 1.29 is 4.79 Å². The molecule has 17 heavy (non-hydrogen) atoms. The highest BCUT2D eigenvalue weighted by Gasteiger charge is 2.27. The highest BCUT2D eigenvalue weighted by Crippen LogP contribution is 2.24. The lowest BCUT2D eigenvalue weighted by Gasteiger charge is -2.26. The fourth-order valence-electron chi connectivity index (χ4n) is 2.24. The van der Waals surface area contributed by atoms with Crippen LogP contribution >= 0.6 is 0 Å². The molecule has 1 aromatic heterocycles. The van der Waals surface area contributed by atoms with Crippen LogP contribution in [0.5, 0.6) is 0 Å². The molecule has 0 atom stereocenters. The van der Waals surface area contributed by atoms with Gasteiger partial charge in [0.15, 0.2) is 0 Å². The first-order valence-electron chi connectivity index (χ1n) is 5.77. The van der Waals surface area contributed by atoms with E-state index in [1.165, 1.54) is 12.4 Å². The van der Waals surface area contributed by atoms with Crippen LogP contribution in [0.2, 0.25) is 0 Å². The Kier molecular flexibility index (Phi) is 3.66. The van der Waals surface area contributed by atoms with Crippen molar-refractivity contribution in [1.82, 2.24) is 15.1 Å². The second-order valence-corrected chi connectivity index (χ2v) is 4.16. The van der Waals surface area contributed by atoms with E-state index >= 15 is 0 Å². The average molecular weight is 230 g/mol. The summed E-state index contributed by atoms with van der Waals surface area (Å²) in [4.78, 5) is 13.9. The molecule has 0 aliphatic heterocycles. The highest BCUT2D eigenvalue weighted by molar-refractivity contribution is 5.94. The molecule has 1 fully saturated rings. The summed E-state index contributed by atoms with van der Waals surface area (Å²) in [6.45, 7) is 0.145. The average Bonchev–Trinajstić information content (AvgIpc) is 2.90. The molecule has 0 saturated heterocycles. The summed E-state index contributed by atoms with van der Waals surface area (Å²) in [5.41, 5.74) is 0.502. The molecular weight excluding hydrogens is 216 g/mol. The third kappa shape index (κ3) is 2.59. The van der Waals surface area contributed by atoms with Crippen LogP contribution in [0.15, 0.2) is 18.5 Å². The molecule has 1 aliphatic carbocycles. The van der Waals surface area contributed by atoms with Crippen LogP contribution < -0.4 is 0 Å². The van der Waals surface area contributed by atoms with E-state index in [-0.39, 0.29) is 18.5 Å². The van der Waals surface area contributed by atoms with Crippen molar-refractivity contribution in [3.05, 3.63) is 24.0 Å². The Hall–Kier alpha value is -1.96. The summed E-state index contributed by atoms with van der Waals surface area (Å²) < 4.78 is 0. The van der Waals surface area contributed by atoms with E-state index in [4.69, 9.17) is 5.26 Å². The number of aromatic nitrogens is 2. The molecule has 88 valence electrons. The van der Waals surface area contributed by atoms with Gasteiger partial charge in [-0.05, 0) is 18.9 Å². The van der Waals surface area contributed by atoms with Crippen LogP contribution in [-0.4, -0.2) is 33.6 Å². The van der Waals surface area contributed by atoms with Gasteiger partial charge < -0.3 is 4.90 Å². The lowest BCUT2D eigenvalue weighted by atomic mass is 10.1. The predicted molar refractivity (Wildman–Crippen MR) is 60.9 cm³/mol. The molecule has 1 aromatic rings. The Morgan fingerprint density at radius 1 is 1.47 bits per heavy atom. The number of hydrogen-bond acceptors (Lipinski definition) is 4. The van der Waals surface area contributed by atoms with Gasteiger partial charge in [-0.25, -0.2) is 0 Å². The van der Waals surface area contributed by atoms with E-state index in [1.807, 2.05) is 0 Å². The number of carbonyl (C=O) groups excluding carboxylic acids is 1. The maximum Gasteiger partial charge on any atom is 0.256 e. The van der Waals surface area contributed by atoms with Gasteiger partial charge in [-0.2, -0.15) is 15.5 Å². The van der Waals surface area contributed by atoms with Gasteiger partial charge in [-0.3, -0.25) is 4.79 Å². The van der Waals surface area contributed by atoms with Gasteiger partial charge in [0.2, 0.25) is 0 Å². The van der Waals surface area contributed by atoms with Crippen molar-refractivity contribution >= 4 is 5.91 Å². The smallest absolute Gasteiger partial charge is 0.256 e. The Morgan fingerprint density at radius 2 is 2.24 bits per heavy atom. The first kappa shape index (κ1) is 11.5. The minimum Gasteiger partial charge on any atom is -0.322 e. The number of nitrogens with zero attached hydrogens (tertiary/aromatic N) is 4. The quantitative estimate of drug-likeness (QED) is 0.735. The molecule has 1 aliphatic rings. The number of amides is 1. The van der Waals surface area contributed by atoms with E-state index in [0.29, 0.717) is 5.56 Å². The second kappa shape index (κ2) is 5.39. The minimum absolute atomic E-state index is 0.117. The number of carbonyl (C=O) groups is 1. The van der Waals surface area contributed by atoms with Crippen molar-refractivity contribution in [2.75, 3.05) is 6.54 Å². The molecule has 0 spiro atoms. The van der Waals surface area contributed by atoms with Crippen LogP contribution in [0.1, 0.15) is 36.0 Å². The monoisotopic (exact) mass is 230 g/mol. The third-order valence-corrected chi connectivity index (χ3v) is 3.10. The van der Waals surface area contributed by atoms with Crippen LogP contribution in [0.3, 0.4) is 0 Å². The van der Waals surface area contributed by atoms with Crippen molar-refractivity contribution in [1.29, 1.82) is 5.26 Å². The second-order valence-electron chi connectivity index (χ2n) is 4.16. The van der Waals surface area contributed by atoms with Gasteiger partial charge >= 0.3 is 0 Å². The Labute approximate surface area is 100 Å². The summed E-state index contributed by atoms with van der Waals surface area (Å²) in [5, 5.41) is 16.2. The van der Waals surface area contributed by atoms with Crippen molar-refractivity contribution in [3.63, 3.8) is 0 Å². The molecular formula is C12H14N4O. The summed E-state index contributed by atoms with van der Waals surface area (Å²) >= 11 is 0. The van der Waals surface area contributed by atoms with Gasteiger partial charge in [0.05, 0.1) is 24.0 Å². The number of nitriles is 1. The molecule has 0 bridgehead atoms.